The van der Waals surface area contributed by atoms with Gasteiger partial charge in [-0.1, -0.05) is 42.1 Å². The Kier molecular flexibility index (Phi) is 5.00. The number of hydrogen-bond donors (Lipinski definition) is 0. The fourth-order valence-corrected chi connectivity index (χ4v) is 3.91. The molecule has 0 aliphatic rings. The van der Waals surface area contributed by atoms with Gasteiger partial charge in [-0.3, -0.25) is 0 Å². The largest absolute Gasteiger partial charge is 0.207 e. The molecule has 0 atom stereocenters. The molecule has 0 saturated carbocycles. The highest BCUT2D eigenvalue weighted by Gasteiger charge is 2.12. The van der Waals surface area contributed by atoms with Crippen molar-refractivity contribution in [2.45, 2.75) is 10.8 Å². The quantitative estimate of drug-likeness (QED) is 0.418. The SMILES string of the molecule is N#Cc1cc(F)ccc1CSc1nnc(-c2ccc(F)cc2)c2ccccc12. The summed E-state index contributed by atoms with van der Waals surface area (Å²) in [6, 6.07) is 20.1. The predicted molar refractivity (Wildman–Crippen MR) is 106 cm³/mol. The molecule has 0 unspecified atom stereocenters. The summed E-state index contributed by atoms with van der Waals surface area (Å²) in [4.78, 5) is 0. The summed E-state index contributed by atoms with van der Waals surface area (Å²) in [6.45, 7) is 0. The number of halogens is 2. The highest BCUT2D eigenvalue weighted by Crippen LogP contribution is 2.33. The molecule has 1 heterocycles. The second kappa shape index (κ2) is 7.75. The lowest BCUT2D eigenvalue weighted by Gasteiger charge is -2.10. The van der Waals surface area contributed by atoms with E-state index in [0.29, 0.717) is 17.0 Å². The summed E-state index contributed by atoms with van der Waals surface area (Å²) in [5, 5.41) is 20.5. The normalized spacial score (nSPS) is 10.8. The van der Waals surface area contributed by atoms with Crippen molar-refractivity contribution in [3.05, 3.63) is 89.5 Å². The van der Waals surface area contributed by atoms with Crippen LogP contribution in [0.15, 0.2) is 71.8 Å². The molecule has 0 radical (unpaired) electrons. The van der Waals surface area contributed by atoms with Gasteiger partial charge in [0, 0.05) is 22.1 Å². The number of benzene rings is 3. The zero-order valence-electron chi connectivity index (χ0n) is 14.6. The first-order chi connectivity index (χ1) is 13.7. The van der Waals surface area contributed by atoms with Gasteiger partial charge in [0.2, 0.25) is 0 Å². The summed E-state index contributed by atoms with van der Waals surface area (Å²) >= 11 is 1.44. The van der Waals surface area contributed by atoms with Gasteiger partial charge in [0.15, 0.2) is 0 Å². The fraction of sp³-hybridized carbons (Fsp3) is 0.0455. The van der Waals surface area contributed by atoms with Crippen LogP contribution in [0.25, 0.3) is 22.0 Å². The number of aromatic nitrogens is 2. The Morgan fingerprint density at radius 2 is 1.57 bits per heavy atom. The summed E-state index contributed by atoms with van der Waals surface area (Å²) in [7, 11) is 0. The van der Waals surface area contributed by atoms with Crippen LogP contribution in [0.5, 0.6) is 0 Å². The highest BCUT2D eigenvalue weighted by atomic mass is 32.2. The molecule has 0 saturated heterocycles. The van der Waals surface area contributed by atoms with Crippen LogP contribution >= 0.6 is 11.8 Å². The minimum atomic E-state index is -0.431. The molecule has 4 rings (SSSR count). The van der Waals surface area contributed by atoms with Crippen molar-refractivity contribution in [3.8, 4) is 17.3 Å². The average Bonchev–Trinajstić information content (AvgIpc) is 2.73. The molecule has 0 aliphatic carbocycles. The van der Waals surface area contributed by atoms with E-state index in [2.05, 4.69) is 10.2 Å². The van der Waals surface area contributed by atoms with Crippen molar-refractivity contribution < 1.29 is 8.78 Å². The van der Waals surface area contributed by atoms with Crippen LogP contribution < -0.4 is 0 Å². The Morgan fingerprint density at radius 1 is 0.857 bits per heavy atom. The molecule has 3 nitrogen and oxygen atoms in total. The standard InChI is InChI=1S/C22H13F2N3S/c23-17-8-5-14(6-9-17)21-19-3-1-2-4-20(19)22(27-26-21)28-13-15-7-10-18(24)11-16(15)12-25/h1-11H,13H2. The molecule has 6 heteroatoms. The maximum absolute atomic E-state index is 13.3. The van der Waals surface area contributed by atoms with Crippen LogP contribution in [0.2, 0.25) is 0 Å². The van der Waals surface area contributed by atoms with Gasteiger partial charge in [0.05, 0.1) is 11.6 Å². The van der Waals surface area contributed by atoms with Gasteiger partial charge >= 0.3 is 0 Å². The van der Waals surface area contributed by atoms with Crippen LogP contribution in [0.1, 0.15) is 11.1 Å². The van der Waals surface area contributed by atoms with E-state index >= 15 is 0 Å². The maximum Gasteiger partial charge on any atom is 0.127 e. The van der Waals surface area contributed by atoms with Crippen molar-refractivity contribution in [2.75, 3.05) is 0 Å². The van der Waals surface area contributed by atoms with Gasteiger partial charge in [-0.05, 0) is 42.0 Å². The third-order valence-corrected chi connectivity index (χ3v) is 5.36. The van der Waals surface area contributed by atoms with Gasteiger partial charge in [0.25, 0.3) is 0 Å². The Hall–Kier alpha value is -3.30. The zero-order valence-corrected chi connectivity index (χ0v) is 15.4. The molecule has 136 valence electrons. The Morgan fingerprint density at radius 3 is 2.32 bits per heavy atom. The van der Waals surface area contributed by atoms with Crippen LogP contribution in [-0.4, -0.2) is 10.2 Å². The van der Waals surface area contributed by atoms with Crippen molar-refractivity contribution in [3.63, 3.8) is 0 Å². The molecule has 1 aromatic heterocycles. The third kappa shape index (κ3) is 3.57. The van der Waals surface area contributed by atoms with Gasteiger partial charge in [-0.15, -0.1) is 10.2 Å². The third-order valence-electron chi connectivity index (χ3n) is 4.33. The van der Waals surface area contributed by atoms with Gasteiger partial charge in [-0.2, -0.15) is 5.26 Å². The van der Waals surface area contributed by atoms with E-state index in [1.165, 1.54) is 36.0 Å². The molecule has 0 amide bonds. The minimum Gasteiger partial charge on any atom is -0.207 e. The van der Waals surface area contributed by atoms with E-state index in [1.54, 1.807) is 18.2 Å². The molecule has 0 fully saturated rings. The van der Waals surface area contributed by atoms with E-state index in [0.717, 1.165) is 26.9 Å². The van der Waals surface area contributed by atoms with Crippen LogP contribution in [0.3, 0.4) is 0 Å². The Labute approximate surface area is 164 Å². The number of rotatable bonds is 4. The summed E-state index contributed by atoms with van der Waals surface area (Å²) in [6.07, 6.45) is 0. The number of nitriles is 1. The zero-order chi connectivity index (χ0) is 19.5. The number of hydrogen-bond acceptors (Lipinski definition) is 4. The molecule has 28 heavy (non-hydrogen) atoms. The first-order valence-corrected chi connectivity index (χ1v) is 9.47. The van der Waals surface area contributed by atoms with Crippen molar-refractivity contribution >= 4 is 22.5 Å². The van der Waals surface area contributed by atoms with Crippen LogP contribution in [0.4, 0.5) is 8.78 Å². The molecular weight excluding hydrogens is 376 g/mol. The van der Waals surface area contributed by atoms with Crippen molar-refractivity contribution in [2.24, 2.45) is 0 Å². The number of fused-ring (bicyclic) bond motifs is 1. The average molecular weight is 389 g/mol. The van der Waals surface area contributed by atoms with Gasteiger partial charge in [0.1, 0.15) is 22.4 Å². The summed E-state index contributed by atoms with van der Waals surface area (Å²) < 4.78 is 26.6. The maximum atomic E-state index is 13.3. The smallest absolute Gasteiger partial charge is 0.127 e. The van der Waals surface area contributed by atoms with Gasteiger partial charge in [-0.25, -0.2) is 8.78 Å². The van der Waals surface area contributed by atoms with Crippen molar-refractivity contribution in [1.82, 2.24) is 10.2 Å². The molecule has 0 N–H and O–H groups in total. The molecule has 0 bridgehead atoms. The lowest BCUT2D eigenvalue weighted by atomic mass is 10.1. The van der Waals surface area contributed by atoms with E-state index in [1.807, 2.05) is 30.3 Å². The van der Waals surface area contributed by atoms with Crippen molar-refractivity contribution in [1.29, 1.82) is 5.26 Å². The number of nitrogens with zero attached hydrogens (tertiary/aromatic N) is 3. The van der Waals surface area contributed by atoms with E-state index in [9.17, 15) is 14.0 Å². The molecule has 4 aromatic rings. The molecule has 3 aromatic carbocycles. The monoisotopic (exact) mass is 389 g/mol. The second-order valence-corrected chi connectivity index (χ2v) is 7.07. The van der Waals surface area contributed by atoms with E-state index in [-0.39, 0.29) is 5.82 Å². The summed E-state index contributed by atoms with van der Waals surface area (Å²) in [5.74, 6) is -0.266. The fourth-order valence-electron chi connectivity index (χ4n) is 2.93. The molecule has 0 spiro atoms. The predicted octanol–water partition coefficient (Wildman–Crippen LogP) is 5.74. The molecular formula is C22H13F2N3S. The number of thioether (sulfide) groups is 1. The minimum absolute atomic E-state index is 0.305. The second-order valence-electron chi connectivity index (χ2n) is 6.11. The van der Waals surface area contributed by atoms with E-state index < -0.39 is 5.82 Å². The Bertz CT molecular complexity index is 1200. The summed E-state index contributed by atoms with van der Waals surface area (Å²) in [5.41, 5.74) is 2.52. The molecule has 0 aliphatic heterocycles. The first kappa shape index (κ1) is 18.1. The lowest BCUT2D eigenvalue weighted by Crippen LogP contribution is -1.95. The van der Waals surface area contributed by atoms with Crippen LogP contribution in [0, 0.1) is 23.0 Å². The van der Waals surface area contributed by atoms with Gasteiger partial charge < -0.3 is 0 Å². The highest BCUT2D eigenvalue weighted by molar-refractivity contribution is 7.98. The van der Waals surface area contributed by atoms with Crippen LogP contribution in [-0.2, 0) is 5.75 Å². The topological polar surface area (TPSA) is 49.6 Å². The van der Waals surface area contributed by atoms with E-state index in [4.69, 9.17) is 0 Å². The first-order valence-electron chi connectivity index (χ1n) is 8.48. The lowest BCUT2D eigenvalue weighted by molar-refractivity contribution is 0.626. The Balaban J connectivity index is 1.71.